The molecule has 84 valence electrons. The van der Waals surface area contributed by atoms with Crippen molar-refractivity contribution >= 4 is 21.6 Å². The molecule has 0 spiro atoms. The quantitative estimate of drug-likeness (QED) is 0.640. The molecule has 0 aliphatic heterocycles. The lowest BCUT2D eigenvalue weighted by Gasteiger charge is -2.10. The van der Waals surface area contributed by atoms with E-state index in [0.29, 0.717) is 12.3 Å². The molecule has 0 unspecified atom stereocenters. The van der Waals surface area contributed by atoms with Crippen LogP contribution in [0.1, 0.15) is 12.8 Å². The number of ether oxygens (including phenoxy) is 2. The number of anilines is 1. The molecule has 1 rings (SSSR count). The molecular weight excluding hydrogens is 258 g/mol. The van der Waals surface area contributed by atoms with Crippen LogP contribution in [-0.2, 0) is 4.74 Å². The maximum atomic E-state index is 5.78. The first-order valence-electron chi connectivity index (χ1n) is 4.91. The highest BCUT2D eigenvalue weighted by Gasteiger charge is 2.04. The number of unbranched alkanes of at least 4 members (excludes halogenated alkanes) is 1. The fraction of sp³-hybridized carbons (Fsp3) is 0.455. The predicted molar refractivity (Wildman–Crippen MR) is 65.2 cm³/mol. The van der Waals surface area contributed by atoms with Crippen LogP contribution in [0.5, 0.6) is 5.75 Å². The minimum atomic E-state index is 0.663. The van der Waals surface area contributed by atoms with E-state index >= 15 is 0 Å². The highest BCUT2D eigenvalue weighted by atomic mass is 79.9. The highest BCUT2D eigenvalue weighted by Crippen LogP contribution is 2.30. The number of nitrogen functional groups attached to an aromatic ring is 1. The first-order valence-corrected chi connectivity index (χ1v) is 5.70. The topological polar surface area (TPSA) is 44.5 Å². The van der Waals surface area contributed by atoms with Crippen LogP contribution in [0.4, 0.5) is 5.69 Å². The third-order valence-electron chi connectivity index (χ3n) is 1.99. The molecule has 0 aromatic heterocycles. The van der Waals surface area contributed by atoms with Gasteiger partial charge >= 0.3 is 0 Å². The van der Waals surface area contributed by atoms with E-state index < -0.39 is 0 Å². The summed E-state index contributed by atoms with van der Waals surface area (Å²) in [6.07, 6.45) is 1.97. The second-order valence-corrected chi connectivity index (χ2v) is 4.06. The summed E-state index contributed by atoms with van der Waals surface area (Å²) in [5, 5.41) is 0. The van der Waals surface area contributed by atoms with Crippen LogP contribution in [0, 0.1) is 0 Å². The molecule has 15 heavy (non-hydrogen) atoms. The molecule has 2 N–H and O–H groups in total. The van der Waals surface area contributed by atoms with Crippen molar-refractivity contribution in [3.63, 3.8) is 0 Å². The first-order chi connectivity index (χ1) is 7.25. The maximum absolute atomic E-state index is 5.78. The van der Waals surface area contributed by atoms with Gasteiger partial charge in [0.2, 0.25) is 0 Å². The Hall–Kier alpha value is -0.740. The lowest BCUT2D eigenvalue weighted by Crippen LogP contribution is -2.02. The average molecular weight is 274 g/mol. The normalized spacial score (nSPS) is 10.3. The van der Waals surface area contributed by atoms with E-state index in [2.05, 4.69) is 15.9 Å². The number of para-hydroxylation sites is 1. The van der Waals surface area contributed by atoms with Gasteiger partial charge < -0.3 is 15.2 Å². The second kappa shape index (κ2) is 6.69. The molecular formula is C11H16BrNO2. The fourth-order valence-electron chi connectivity index (χ4n) is 1.20. The molecule has 0 radical (unpaired) electrons. The molecule has 0 aliphatic carbocycles. The Morgan fingerprint density at radius 1 is 1.27 bits per heavy atom. The number of hydrogen-bond acceptors (Lipinski definition) is 3. The summed E-state index contributed by atoms with van der Waals surface area (Å²) < 4.78 is 11.4. The van der Waals surface area contributed by atoms with Gasteiger partial charge in [-0.3, -0.25) is 0 Å². The van der Waals surface area contributed by atoms with Gasteiger partial charge in [-0.1, -0.05) is 6.07 Å². The molecule has 0 atom stereocenters. The Morgan fingerprint density at radius 2 is 2.00 bits per heavy atom. The molecule has 3 nitrogen and oxygen atoms in total. The van der Waals surface area contributed by atoms with Gasteiger partial charge in [-0.25, -0.2) is 0 Å². The number of hydrogen-bond donors (Lipinski definition) is 1. The molecule has 0 aliphatic rings. The largest absolute Gasteiger partial charge is 0.490 e. The summed E-state index contributed by atoms with van der Waals surface area (Å²) in [5.41, 5.74) is 6.45. The van der Waals surface area contributed by atoms with E-state index in [4.69, 9.17) is 15.2 Å². The van der Waals surface area contributed by atoms with Crippen LogP contribution in [0.2, 0.25) is 0 Å². The summed E-state index contributed by atoms with van der Waals surface area (Å²) in [6.45, 7) is 1.44. The van der Waals surface area contributed by atoms with Gasteiger partial charge in [0.15, 0.2) is 5.75 Å². The van der Waals surface area contributed by atoms with E-state index in [9.17, 15) is 0 Å². The van der Waals surface area contributed by atoms with Crippen LogP contribution >= 0.6 is 15.9 Å². The Kier molecular flexibility index (Phi) is 5.50. The van der Waals surface area contributed by atoms with Crippen LogP contribution in [-0.4, -0.2) is 20.3 Å². The molecule has 1 aromatic carbocycles. The minimum absolute atomic E-state index is 0.663. The van der Waals surface area contributed by atoms with Crippen LogP contribution in [0.3, 0.4) is 0 Å². The fourth-order valence-corrected chi connectivity index (χ4v) is 1.70. The van der Waals surface area contributed by atoms with Crippen LogP contribution in [0.15, 0.2) is 22.7 Å². The zero-order valence-corrected chi connectivity index (χ0v) is 10.4. The monoisotopic (exact) mass is 273 g/mol. The maximum Gasteiger partial charge on any atom is 0.156 e. The average Bonchev–Trinajstić information content (AvgIpc) is 2.21. The van der Waals surface area contributed by atoms with Gasteiger partial charge in [0.25, 0.3) is 0 Å². The second-order valence-electron chi connectivity index (χ2n) is 3.21. The van der Waals surface area contributed by atoms with Gasteiger partial charge in [0.1, 0.15) is 0 Å². The van der Waals surface area contributed by atoms with Crippen molar-refractivity contribution in [2.24, 2.45) is 0 Å². The summed E-state index contributed by atoms with van der Waals surface area (Å²) >= 11 is 3.40. The molecule has 0 bridgehead atoms. The van der Waals surface area contributed by atoms with Gasteiger partial charge in [-0.15, -0.1) is 0 Å². The van der Waals surface area contributed by atoms with Crippen molar-refractivity contribution in [2.45, 2.75) is 12.8 Å². The number of benzene rings is 1. The van der Waals surface area contributed by atoms with E-state index in [0.717, 1.165) is 29.7 Å². The Morgan fingerprint density at radius 3 is 2.67 bits per heavy atom. The predicted octanol–water partition coefficient (Wildman–Crippen LogP) is 2.84. The smallest absolute Gasteiger partial charge is 0.156 e. The Labute approximate surface area is 98.7 Å². The number of halogens is 1. The van der Waals surface area contributed by atoms with E-state index in [1.165, 1.54) is 0 Å². The lowest BCUT2D eigenvalue weighted by atomic mass is 10.3. The molecule has 0 heterocycles. The van der Waals surface area contributed by atoms with Gasteiger partial charge in [-0.05, 0) is 40.9 Å². The summed E-state index contributed by atoms with van der Waals surface area (Å²) in [4.78, 5) is 0. The molecule has 0 saturated carbocycles. The third kappa shape index (κ3) is 4.10. The Balaban J connectivity index is 2.37. The SMILES string of the molecule is COCCCCOc1c(N)cccc1Br. The zero-order chi connectivity index (χ0) is 11.1. The summed E-state index contributed by atoms with van der Waals surface area (Å²) in [6, 6.07) is 5.63. The van der Waals surface area contributed by atoms with E-state index in [-0.39, 0.29) is 0 Å². The zero-order valence-electron chi connectivity index (χ0n) is 8.83. The molecule has 0 saturated heterocycles. The number of nitrogens with two attached hydrogens (primary N) is 1. The van der Waals surface area contributed by atoms with Crippen LogP contribution in [0.25, 0.3) is 0 Å². The molecule has 1 aromatic rings. The van der Waals surface area contributed by atoms with Crippen molar-refractivity contribution in [2.75, 3.05) is 26.1 Å². The highest BCUT2D eigenvalue weighted by molar-refractivity contribution is 9.10. The van der Waals surface area contributed by atoms with E-state index in [1.807, 2.05) is 18.2 Å². The van der Waals surface area contributed by atoms with Gasteiger partial charge in [0, 0.05) is 13.7 Å². The molecule has 0 amide bonds. The molecule has 0 fully saturated rings. The van der Waals surface area contributed by atoms with Crippen molar-refractivity contribution in [1.82, 2.24) is 0 Å². The van der Waals surface area contributed by atoms with E-state index in [1.54, 1.807) is 7.11 Å². The van der Waals surface area contributed by atoms with Crippen LogP contribution < -0.4 is 10.5 Å². The van der Waals surface area contributed by atoms with Gasteiger partial charge in [0.05, 0.1) is 16.8 Å². The van der Waals surface area contributed by atoms with Crippen molar-refractivity contribution in [3.8, 4) is 5.75 Å². The molecule has 4 heteroatoms. The number of rotatable bonds is 6. The third-order valence-corrected chi connectivity index (χ3v) is 2.61. The van der Waals surface area contributed by atoms with Crippen molar-refractivity contribution < 1.29 is 9.47 Å². The summed E-state index contributed by atoms with van der Waals surface area (Å²) in [7, 11) is 1.70. The number of methoxy groups -OCH3 is 1. The summed E-state index contributed by atoms with van der Waals surface area (Å²) in [5.74, 6) is 0.731. The first kappa shape index (κ1) is 12.3. The van der Waals surface area contributed by atoms with Crippen molar-refractivity contribution in [3.05, 3.63) is 22.7 Å². The lowest BCUT2D eigenvalue weighted by molar-refractivity contribution is 0.184. The van der Waals surface area contributed by atoms with Gasteiger partial charge in [-0.2, -0.15) is 0 Å². The van der Waals surface area contributed by atoms with Crippen molar-refractivity contribution in [1.29, 1.82) is 0 Å². The Bertz CT molecular complexity index is 284. The minimum Gasteiger partial charge on any atom is -0.490 e. The standard InChI is InChI=1S/C11H16BrNO2/c1-14-7-2-3-8-15-11-9(12)5-4-6-10(11)13/h4-6H,2-3,7-8,13H2,1H3.